The summed E-state index contributed by atoms with van der Waals surface area (Å²) in [6.07, 6.45) is 0.777. The third kappa shape index (κ3) is 6.97. The van der Waals surface area contributed by atoms with Gasteiger partial charge in [0.2, 0.25) is 5.13 Å². The van der Waals surface area contributed by atoms with E-state index in [0.29, 0.717) is 6.54 Å². The average molecular weight is 417 g/mol. The van der Waals surface area contributed by atoms with E-state index < -0.39 is 0 Å². The molecule has 2 aromatic rings. The fourth-order valence-electron chi connectivity index (χ4n) is 3.21. The lowest BCUT2D eigenvalue weighted by atomic mass is 10.1. The van der Waals surface area contributed by atoms with E-state index in [1.165, 1.54) is 22.7 Å². The Balaban J connectivity index is 1.40. The van der Waals surface area contributed by atoms with Gasteiger partial charge in [0, 0.05) is 62.8 Å². The van der Waals surface area contributed by atoms with Crippen LogP contribution in [0.15, 0.2) is 24.3 Å². The van der Waals surface area contributed by atoms with Crippen molar-refractivity contribution in [2.75, 3.05) is 44.2 Å². The maximum atomic E-state index is 11.8. The Labute approximate surface area is 177 Å². The highest BCUT2D eigenvalue weighted by Crippen LogP contribution is 2.20. The summed E-state index contributed by atoms with van der Waals surface area (Å²) in [5, 5.41) is 6.86. The van der Waals surface area contributed by atoms with Gasteiger partial charge in [-0.05, 0) is 33.3 Å². The SMILES string of the molecule is Cc1ccc(Cc2nsc(N3CCN(CCNC(=O)NC(C)(C)C)CC3)n2)cc1. The molecule has 0 bridgehead atoms. The van der Waals surface area contributed by atoms with Crippen molar-refractivity contribution in [3.05, 3.63) is 41.2 Å². The fraction of sp³-hybridized carbons (Fsp3) is 0.571. The highest BCUT2D eigenvalue weighted by molar-refractivity contribution is 7.09. The quantitative estimate of drug-likeness (QED) is 0.757. The van der Waals surface area contributed by atoms with Gasteiger partial charge in [0.1, 0.15) is 5.82 Å². The molecule has 1 saturated heterocycles. The minimum Gasteiger partial charge on any atom is -0.344 e. The number of hydrogen-bond donors (Lipinski definition) is 2. The van der Waals surface area contributed by atoms with E-state index in [4.69, 9.17) is 4.98 Å². The van der Waals surface area contributed by atoms with Crippen molar-refractivity contribution in [1.82, 2.24) is 24.9 Å². The molecule has 7 nitrogen and oxygen atoms in total. The van der Waals surface area contributed by atoms with Gasteiger partial charge in [-0.3, -0.25) is 4.90 Å². The second kappa shape index (κ2) is 9.54. The number of aryl methyl sites for hydroxylation is 1. The number of rotatable bonds is 6. The van der Waals surface area contributed by atoms with Crippen LogP contribution < -0.4 is 15.5 Å². The summed E-state index contributed by atoms with van der Waals surface area (Å²) in [4.78, 5) is 21.3. The van der Waals surface area contributed by atoms with Crippen LogP contribution in [0.5, 0.6) is 0 Å². The normalized spacial score (nSPS) is 15.4. The maximum absolute atomic E-state index is 11.8. The predicted molar refractivity (Wildman–Crippen MR) is 119 cm³/mol. The standard InChI is InChI=1S/C21H32N6OS/c1-16-5-7-17(8-6-16)15-18-23-20(29-25-18)27-13-11-26(12-14-27)10-9-22-19(28)24-21(2,3)4/h5-8H,9-15H2,1-4H3,(H2,22,24,28). The first kappa shape index (κ1) is 21.5. The average Bonchev–Trinajstić information content (AvgIpc) is 3.11. The number of hydrogen-bond acceptors (Lipinski definition) is 6. The molecule has 0 spiro atoms. The number of carbonyl (C=O) groups excluding carboxylic acids is 1. The number of carbonyl (C=O) groups is 1. The van der Waals surface area contributed by atoms with Crippen LogP contribution in [0.1, 0.15) is 37.7 Å². The number of anilines is 1. The van der Waals surface area contributed by atoms with Crippen molar-refractivity contribution in [1.29, 1.82) is 0 Å². The van der Waals surface area contributed by atoms with Gasteiger partial charge in [-0.1, -0.05) is 29.8 Å². The molecule has 1 aliphatic heterocycles. The fourth-order valence-corrected chi connectivity index (χ4v) is 3.95. The first-order chi connectivity index (χ1) is 13.8. The number of nitrogens with one attached hydrogen (secondary N) is 2. The third-order valence-electron chi connectivity index (χ3n) is 4.79. The Morgan fingerprint density at radius 3 is 2.48 bits per heavy atom. The molecule has 8 heteroatoms. The molecular formula is C21H32N6OS. The first-order valence-corrected chi connectivity index (χ1v) is 11.0. The van der Waals surface area contributed by atoms with Crippen LogP contribution in [0.3, 0.4) is 0 Å². The number of amides is 2. The minimum atomic E-state index is -0.213. The van der Waals surface area contributed by atoms with E-state index in [-0.39, 0.29) is 11.6 Å². The lowest BCUT2D eigenvalue weighted by Crippen LogP contribution is -2.51. The van der Waals surface area contributed by atoms with Gasteiger partial charge >= 0.3 is 6.03 Å². The van der Waals surface area contributed by atoms with Crippen molar-refractivity contribution in [2.45, 2.75) is 39.7 Å². The molecule has 158 valence electrons. The highest BCUT2D eigenvalue weighted by Gasteiger charge is 2.20. The van der Waals surface area contributed by atoms with Crippen LogP contribution in [0.2, 0.25) is 0 Å². The number of aromatic nitrogens is 2. The Morgan fingerprint density at radius 2 is 1.83 bits per heavy atom. The van der Waals surface area contributed by atoms with Gasteiger partial charge in [0.15, 0.2) is 0 Å². The summed E-state index contributed by atoms with van der Waals surface area (Å²) in [6.45, 7) is 13.4. The first-order valence-electron chi connectivity index (χ1n) is 10.2. The summed E-state index contributed by atoms with van der Waals surface area (Å²) in [5.41, 5.74) is 2.30. The van der Waals surface area contributed by atoms with Crippen molar-refractivity contribution in [2.24, 2.45) is 0 Å². The molecule has 1 aliphatic rings. The van der Waals surface area contributed by atoms with E-state index in [2.05, 4.69) is 56.0 Å². The summed E-state index contributed by atoms with van der Waals surface area (Å²) in [6, 6.07) is 8.44. The molecule has 1 aromatic heterocycles. The number of benzene rings is 1. The molecule has 2 amide bonds. The minimum absolute atomic E-state index is 0.105. The number of nitrogens with zero attached hydrogens (tertiary/aromatic N) is 4. The molecule has 0 atom stereocenters. The summed E-state index contributed by atoms with van der Waals surface area (Å²) in [5.74, 6) is 0.894. The van der Waals surface area contributed by atoms with Crippen LogP contribution in [0, 0.1) is 6.92 Å². The van der Waals surface area contributed by atoms with Gasteiger partial charge in [-0.15, -0.1) is 0 Å². The van der Waals surface area contributed by atoms with Crippen LogP contribution in [-0.4, -0.2) is 65.1 Å². The van der Waals surface area contributed by atoms with Gasteiger partial charge < -0.3 is 15.5 Å². The maximum Gasteiger partial charge on any atom is 0.315 e. The van der Waals surface area contributed by atoms with Crippen molar-refractivity contribution >= 4 is 22.7 Å². The molecule has 29 heavy (non-hydrogen) atoms. The smallest absolute Gasteiger partial charge is 0.315 e. The number of urea groups is 1. The molecule has 3 rings (SSSR count). The van der Waals surface area contributed by atoms with Gasteiger partial charge in [0.05, 0.1) is 0 Å². The summed E-state index contributed by atoms with van der Waals surface area (Å²) < 4.78 is 4.55. The number of piperazine rings is 1. The van der Waals surface area contributed by atoms with Gasteiger partial charge in [-0.25, -0.2) is 9.78 Å². The lowest BCUT2D eigenvalue weighted by molar-refractivity contribution is 0.225. The van der Waals surface area contributed by atoms with E-state index in [0.717, 1.165) is 50.1 Å². The van der Waals surface area contributed by atoms with E-state index >= 15 is 0 Å². The van der Waals surface area contributed by atoms with Crippen molar-refractivity contribution in [3.63, 3.8) is 0 Å². The van der Waals surface area contributed by atoms with Crippen molar-refractivity contribution < 1.29 is 4.79 Å². The molecule has 0 saturated carbocycles. The Morgan fingerprint density at radius 1 is 1.14 bits per heavy atom. The van der Waals surface area contributed by atoms with E-state index in [9.17, 15) is 4.79 Å². The predicted octanol–water partition coefficient (Wildman–Crippen LogP) is 2.66. The molecule has 2 heterocycles. The summed E-state index contributed by atoms with van der Waals surface area (Å²) in [7, 11) is 0. The zero-order valence-electron chi connectivity index (χ0n) is 17.9. The van der Waals surface area contributed by atoms with Crippen molar-refractivity contribution in [3.8, 4) is 0 Å². The second-order valence-corrected chi connectivity index (χ2v) is 9.35. The van der Waals surface area contributed by atoms with Gasteiger partial charge in [0.25, 0.3) is 0 Å². The third-order valence-corrected chi connectivity index (χ3v) is 5.60. The van der Waals surface area contributed by atoms with E-state index in [1.807, 2.05) is 20.8 Å². The molecular weight excluding hydrogens is 384 g/mol. The highest BCUT2D eigenvalue weighted by atomic mass is 32.1. The topological polar surface area (TPSA) is 73.4 Å². The zero-order valence-corrected chi connectivity index (χ0v) is 18.7. The zero-order chi connectivity index (χ0) is 20.9. The molecule has 0 radical (unpaired) electrons. The lowest BCUT2D eigenvalue weighted by Gasteiger charge is -2.34. The van der Waals surface area contributed by atoms with Crippen LogP contribution in [0.25, 0.3) is 0 Å². The Hall–Kier alpha value is -2.19. The second-order valence-electron chi connectivity index (χ2n) is 8.62. The van der Waals surface area contributed by atoms with Crippen LogP contribution in [0.4, 0.5) is 9.93 Å². The van der Waals surface area contributed by atoms with Crippen LogP contribution in [-0.2, 0) is 6.42 Å². The van der Waals surface area contributed by atoms with Crippen LogP contribution >= 0.6 is 11.5 Å². The van der Waals surface area contributed by atoms with Gasteiger partial charge in [-0.2, -0.15) is 4.37 Å². The van der Waals surface area contributed by atoms with E-state index in [1.54, 1.807) is 0 Å². The Bertz CT molecular complexity index is 790. The molecule has 0 aliphatic carbocycles. The molecule has 1 aromatic carbocycles. The Kier molecular flexibility index (Phi) is 7.08. The molecule has 0 unspecified atom stereocenters. The largest absolute Gasteiger partial charge is 0.344 e. The monoisotopic (exact) mass is 416 g/mol. The molecule has 2 N–H and O–H groups in total. The summed E-state index contributed by atoms with van der Waals surface area (Å²) >= 11 is 1.49. The molecule has 1 fully saturated rings.